The quantitative estimate of drug-likeness (QED) is 0.599. The molecule has 0 radical (unpaired) electrons. The summed E-state index contributed by atoms with van der Waals surface area (Å²) in [5.74, 6) is 0.928. The van der Waals surface area contributed by atoms with Gasteiger partial charge in [0.2, 0.25) is 0 Å². The standard InChI is InChI=1S/C16H22BrClO/c1-3-19-14-8-7-12(17)11-13(14)15(18)16(2)9-5-4-6-10-16/h7-8,11,15H,3-6,9-10H2,1-2H3. The number of ether oxygens (including phenoxy) is 1. The average molecular weight is 346 g/mol. The molecule has 1 aliphatic carbocycles. The van der Waals surface area contributed by atoms with Crippen molar-refractivity contribution in [3.05, 3.63) is 28.2 Å². The van der Waals surface area contributed by atoms with Crippen LogP contribution in [0.5, 0.6) is 5.75 Å². The minimum atomic E-state index is 0.0202. The van der Waals surface area contributed by atoms with Crippen molar-refractivity contribution in [2.45, 2.75) is 51.3 Å². The number of halogens is 2. The van der Waals surface area contributed by atoms with Gasteiger partial charge < -0.3 is 4.74 Å². The molecular weight excluding hydrogens is 324 g/mol. The maximum atomic E-state index is 6.84. The lowest BCUT2D eigenvalue weighted by Gasteiger charge is -2.38. The second-order valence-corrected chi connectivity index (χ2v) is 7.04. The smallest absolute Gasteiger partial charge is 0.124 e. The highest BCUT2D eigenvalue weighted by molar-refractivity contribution is 9.10. The Hall–Kier alpha value is -0.210. The third-order valence-corrected chi connectivity index (χ3v) is 5.41. The van der Waals surface area contributed by atoms with Crippen molar-refractivity contribution < 1.29 is 4.74 Å². The first kappa shape index (κ1) is 15.2. The number of hydrogen-bond donors (Lipinski definition) is 0. The van der Waals surface area contributed by atoms with Gasteiger partial charge in [-0.25, -0.2) is 0 Å². The van der Waals surface area contributed by atoms with E-state index in [1.54, 1.807) is 0 Å². The zero-order chi connectivity index (χ0) is 13.9. The largest absolute Gasteiger partial charge is 0.494 e. The SMILES string of the molecule is CCOc1ccc(Br)cc1C(Cl)C1(C)CCCCC1. The monoisotopic (exact) mass is 344 g/mol. The molecule has 0 aliphatic heterocycles. The molecule has 0 saturated heterocycles. The molecule has 1 aromatic rings. The molecule has 3 heteroatoms. The number of alkyl halides is 1. The van der Waals surface area contributed by atoms with E-state index in [0.717, 1.165) is 15.8 Å². The van der Waals surface area contributed by atoms with Crippen LogP contribution in [0, 0.1) is 5.41 Å². The first-order chi connectivity index (χ1) is 9.07. The van der Waals surface area contributed by atoms with Crippen LogP contribution < -0.4 is 4.74 Å². The van der Waals surface area contributed by atoms with E-state index in [0.29, 0.717) is 6.61 Å². The maximum Gasteiger partial charge on any atom is 0.124 e. The summed E-state index contributed by atoms with van der Waals surface area (Å²) in [4.78, 5) is 0. The molecule has 1 saturated carbocycles. The molecule has 0 aromatic heterocycles. The predicted molar refractivity (Wildman–Crippen MR) is 85.1 cm³/mol. The fraction of sp³-hybridized carbons (Fsp3) is 0.625. The molecule has 1 aromatic carbocycles. The average Bonchev–Trinajstić information content (AvgIpc) is 2.41. The van der Waals surface area contributed by atoms with Crippen molar-refractivity contribution in [3.8, 4) is 5.75 Å². The van der Waals surface area contributed by atoms with Crippen molar-refractivity contribution in [1.29, 1.82) is 0 Å². The van der Waals surface area contributed by atoms with Gasteiger partial charge in [-0.05, 0) is 43.4 Å². The predicted octanol–water partition coefficient (Wildman–Crippen LogP) is 6.10. The molecule has 1 unspecified atom stereocenters. The van der Waals surface area contributed by atoms with Gasteiger partial charge in [-0.2, -0.15) is 0 Å². The van der Waals surface area contributed by atoms with Crippen LogP contribution >= 0.6 is 27.5 Å². The lowest BCUT2D eigenvalue weighted by Crippen LogP contribution is -2.25. The summed E-state index contributed by atoms with van der Waals surface area (Å²) in [6, 6.07) is 6.15. The molecule has 1 aliphatic rings. The van der Waals surface area contributed by atoms with E-state index in [1.807, 2.05) is 19.1 Å². The Morgan fingerprint density at radius 1 is 1.32 bits per heavy atom. The Bertz CT molecular complexity index is 427. The Kier molecular flexibility index (Phi) is 5.19. The van der Waals surface area contributed by atoms with Crippen LogP contribution in [0.4, 0.5) is 0 Å². The van der Waals surface area contributed by atoms with E-state index in [1.165, 1.54) is 32.1 Å². The zero-order valence-corrected chi connectivity index (χ0v) is 14.1. The molecule has 1 fully saturated rings. The molecule has 106 valence electrons. The molecule has 1 nitrogen and oxygen atoms in total. The van der Waals surface area contributed by atoms with Gasteiger partial charge in [0.15, 0.2) is 0 Å². The summed E-state index contributed by atoms with van der Waals surface area (Å²) in [5.41, 5.74) is 1.31. The van der Waals surface area contributed by atoms with Gasteiger partial charge in [0.25, 0.3) is 0 Å². The first-order valence-corrected chi connectivity index (χ1v) is 8.36. The zero-order valence-electron chi connectivity index (χ0n) is 11.7. The third kappa shape index (κ3) is 3.46. The van der Waals surface area contributed by atoms with Gasteiger partial charge in [-0.3, -0.25) is 0 Å². The summed E-state index contributed by atoms with van der Waals surface area (Å²) in [6.07, 6.45) is 6.34. The van der Waals surface area contributed by atoms with Crippen LogP contribution in [0.2, 0.25) is 0 Å². The van der Waals surface area contributed by atoms with Gasteiger partial charge >= 0.3 is 0 Å². The van der Waals surface area contributed by atoms with E-state index in [4.69, 9.17) is 16.3 Å². The highest BCUT2D eigenvalue weighted by atomic mass is 79.9. The molecule has 0 spiro atoms. The minimum Gasteiger partial charge on any atom is -0.494 e. The number of hydrogen-bond acceptors (Lipinski definition) is 1. The van der Waals surface area contributed by atoms with E-state index < -0.39 is 0 Å². The van der Waals surface area contributed by atoms with Crippen LogP contribution in [0.15, 0.2) is 22.7 Å². The molecule has 0 heterocycles. The molecule has 1 atom stereocenters. The Labute approximate surface area is 129 Å². The summed E-state index contributed by atoms with van der Waals surface area (Å²) < 4.78 is 6.81. The van der Waals surface area contributed by atoms with Gasteiger partial charge in [0.05, 0.1) is 12.0 Å². The first-order valence-electron chi connectivity index (χ1n) is 7.13. The minimum absolute atomic E-state index is 0.0202. The fourth-order valence-electron chi connectivity index (χ4n) is 2.99. The van der Waals surface area contributed by atoms with Crippen molar-refractivity contribution in [3.63, 3.8) is 0 Å². The molecule has 19 heavy (non-hydrogen) atoms. The summed E-state index contributed by atoms with van der Waals surface area (Å²) in [6.45, 7) is 5.01. The van der Waals surface area contributed by atoms with Crippen molar-refractivity contribution >= 4 is 27.5 Å². The van der Waals surface area contributed by atoms with Crippen LogP contribution in [0.3, 0.4) is 0 Å². The fourth-order valence-corrected chi connectivity index (χ4v) is 3.76. The molecular formula is C16H22BrClO. The maximum absolute atomic E-state index is 6.84. The summed E-state index contributed by atoms with van der Waals surface area (Å²) in [5, 5.41) is 0.0202. The third-order valence-electron chi connectivity index (χ3n) is 4.15. The Morgan fingerprint density at radius 3 is 2.63 bits per heavy atom. The van der Waals surface area contributed by atoms with E-state index in [-0.39, 0.29) is 10.8 Å². The summed E-state index contributed by atoms with van der Waals surface area (Å²) in [7, 11) is 0. The lowest BCUT2D eigenvalue weighted by molar-refractivity contribution is 0.203. The van der Waals surface area contributed by atoms with Crippen LogP contribution in [0.25, 0.3) is 0 Å². The Balaban J connectivity index is 2.30. The molecule has 0 amide bonds. The van der Waals surface area contributed by atoms with Gasteiger partial charge in [-0.1, -0.05) is 42.1 Å². The Morgan fingerprint density at radius 2 is 2.00 bits per heavy atom. The van der Waals surface area contributed by atoms with E-state index in [9.17, 15) is 0 Å². The van der Waals surface area contributed by atoms with Gasteiger partial charge in [0, 0.05) is 10.0 Å². The van der Waals surface area contributed by atoms with Gasteiger partial charge in [0.1, 0.15) is 5.75 Å². The highest BCUT2D eigenvalue weighted by Crippen LogP contribution is 2.51. The topological polar surface area (TPSA) is 9.23 Å². The van der Waals surface area contributed by atoms with Crippen molar-refractivity contribution in [2.75, 3.05) is 6.61 Å². The second-order valence-electron chi connectivity index (χ2n) is 5.69. The normalized spacial score (nSPS) is 20.0. The number of benzene rings is 1. The molecule has 0 N–H and O–H groups in total. The van der Waals surface area contributed by atoms with Crippen LogP contribution in [0.1, 0.15) is 56.9 Å². The van der Waals surface area contributed by atoms with E-state index >= 15 is 0 Å². The van der Waals surface area contributed by atoms with Crippen molar-refractivity contribution in [2.24, 2.45) is 5.41 Å². The highest BCUT2D eigenvalue weighted by Gasteiger charge is 2.36. The van der Waals surface area contributed by atoms with Crippen LogP contribution in [-0.4, -0.2) is 6.61 Å². The van der Waals surface area contributed by atoms with Crippen molar-refractivity contribution in [1.82, 2.24) is 0 Å². The lowest BCUT2D eigenvalue weighted by atomic mass is 9.71. The molecule has 2 rings (SSSR count). The number of rotatable bonds is 4. The van der Waals surface area contributed by atoms with E-state index in [2.05, 4.69) is 28.9 Å². The van der Waals surface area contributed by atoms with Crippen LogP contribution in [-0.2, 0) is 0 Å². The molecule has 0 bridgehead atoms. The summed E-state index contributed by atoms with van der Waals surface area (Å²) >= 11 is 10.4. The second kappa shape index (κ2) is 6.49. The van der Waals surface area contributed by atoms with Gasteiger partial charge in [-0.15, -0.1) is 11.6 Å².